The number of benzene rings is 1. The van der Waals surface area contributed by atoms with E-state index >= 15 is 0 Å². The van der Waals surface area contributed by atoms with Crippen LogP contribution in [0.25, 0.3) is 11.4 Å². The van der Waals surface area contributed by atoms with Crippen LogP contribution in [0, 0.1) is 0 Å². The van der Waals surface area contributed by atoms with E-state index < -0.39 is 29.0 Å². The van der Waals surface area contributed by atoms with Gasteiger partial charge in [-0.15, -0.1) is 0 Å². The summed E-state index contributed by atoms with van der Waals surface area (Å²) in [4.78, 5) is 44.9. The molecule has 0 aliphatic carbocycles. The summed E-state index contributed by atoms with van der Waals surface area (Å²) in [5.41, 5.74) is -1.03. The van der Waals surface area contributed by atoms with E-state index in [1.807, 2.05) is 0 Å². The third-order valence-corrected chi connectivity index (χ3v) is 4.16. The van der Waals surface area contributed by atoms with Crippen molar-refractivity contribution in [3.63, 3.8) is 0 Å². The van der Waals surface area contributed by atoms with Gasteiger partial charge < -0.3 is 25.8 Å². The summed E-state index contributed by atoms with van der Waals surface area (Å²) in [7, 11) is 0. The van der Waals surface area contributed by atoms with Gasteiger partial charge in [-0.05, 0) is 12.1 Å². The van der Waals surface area contributed by atoms with Crippen LogP contribution >= 0.6 is 23.2 Å². The lowest BCUT2D eigenvalue weighted by atomic mass is 10.2. The maximum Gasteiger partial charge on any atom is 0.358 e. The number of anilines is 2. The second-order valence-corrected chi connectivity index (χ2v) is 6.37. The first-order valence-electron chi connectivity index (χ1n) is 7.80. The van der Waals surface area contributed by atoms with Gasteiger partial charge in [0.25, 0.3) is 5.56 Å². The number of aromatic hydroxyl groups is 1. The lowest BCUT2D eigenvalue weighted by molar-refractivity contribution is 0.0686. The summed E-state index contributed by atoms with van der Waals surface area (Å²) in [6.45, 7) is 0. The van der Waals surface area contributed by atoms with Crippen molar-refractivity contribution in [2.75, 3.05) is 10.6 Å². The summed E-state index contributed by atoms with van der Waals surface area (Å²) in [6, 6.07) is 5.41. The molecule has 3 aromatic rings. The van der Waals surface area contributed by atoms with Gasteiger partial charge in [0.15, 0.2) is 5.69 Å². The minimum Gasteiger partial charge on any atom is -0.501 e. The molecule has 0 bridgehead atoms. The molecule has 0 fully saturated rings. The number of carbonyl (C=O) groups excluding carboxylic acids is 1. The average Bonchev–Trinajstić information content (AvgIpc) is 2.67. The smallest absolute Gasteiger partial charge is 0.358 e. The van der Waals surface area contributed by atoms with Gasteiger partial charge in [0.1, 0.15) is 5.82 Å². The number of aromatic carboxylic acids is 1. The summed E-state index contributed by atoms with van der Waals surface area (Å²) in [5, 5.41) is 23.9. The molecular formula is C17H11Cl2N5O5. The lowest BCUT2D eigenvalue weighted by Gasteiger charge is -2.11. The van der Waals surface area contributed by atoms with Crippen molar-refractivity contribution in [3.8, 4) is 17.1 Å². The maximum atomic E-state index is 12.2. The zero-order chi connectivity index (χ0) is 21.1. The molecule has 0 aliphatic rings. The van der Waals surface area contributed by atoms with Crippen molar-refractivity contribution in [2.24, 2.45) is 0 Å². The predicted molar refractivity (Wildman–Crippen MR) is 106 cm³/mol. The van der Waals surface area contributed by atoms with Crippen LogP contribution in [0.2, 0.25) is 10.0 Å². The van der Waals surface area contributed by atoms with E-state index in [4.69, 9.17) is 28.3 Å². The Morgan fingerprint density at radius 1 is 1.10 bits per heavy atom. The number of H-pyrrole nitrogens is 1. The van der Waals surface area contributed by atoms with Gasteiger partial charge in [0.2, 0.25) is 5.75 Å². The molecule has 0 unspecified atom stereocenters. The minimum absolute atomic E-state index is 0.102. The van der Waals surface area contributed by atoms with Crippen LogP contribution in [0.5, 0.6) is 5.75 Å². The molecule has 0 saturated heterocycles. The number of urea groups is 1. The maximum absolute atomic E-state index is 12.2. The third-order valence-electron chi connectivity index (χ3n) is 3.58. The number of pyridine rings is 1. The summed E-state index contributed by atoms with van der Waals surface area (Å²) in [5.74, 6) is -2.66. The van der Waals surface area contributed by atoms with Crippen LogP contribution in [0.3, 0.4) is 0 Å². The van der Waals surface area contributed by atoms with Crippen molar-refractivity contribution in [1.29, 1.82) is 0 Å². The Morgan fingerprint density at radius 3 is 2.45 bits per heavy atom. The van der Waals surface area contributed by atoms with Crippen molar-refractivity contribution in [1.82, 2.24) is 15.0 Å². The first kappa shape index (κ1) is 20.1. The van der Waals surface area contributed by atoms with E-state index in [0.717, 1.165) is 0 Å². The number of aromatic nitrogens is 3. The second kappa shape index (κ2) is 8.17. The Balaban J connectivity index is 1.86. The van der Waals surface area contributed by atoms with Crippen molar-refractivity contribution in [3.05, 3.63) is 62.8 Å². The molecule has 3 rings (SSSR count). The Labute approximate surface area is 172 Å². The van der Waals surface area contributed by atoms with E-state index in [9.17, 15) is 19.5 Å². The number of nitrogens with one attached hydrogen (secondary N) is 3. The average molecular weight is 436 g/mol. The molecule has 12 heteroatoms. The number of halogens is 2. The Hall–Kier alpha value is -3.63. The number of carboxylic acids is 1. The van der Waals surface area contributed by atoms with Crippen LogP contribution in [0.1, 0.15) is 10.5 Å². The lowest BCUT2D eigenvalue weighted by Crippen LogP contribution is -2.20. The van der Waals surface area contributed by atoms with Crippen LogP contribution in [-0.2, 0) is 0 Å². The van der Waals surface area contributed by atoms with Crippen molar-refractivity contribution in [2.45, 2.75) is 0 Å². The standard InChI is InChI=1S/C17H11Cl2N5O5/c18-9-5-20-6-10(19)11(9)23-17(29)21-8-3-1-2-7(4-8)14-22-12(16(27)28)13(25)15(26)24-14/h1-6,25H,(H,27,28)(H,22,24,26)(H2,20,21,23,29). The molecule has 0 aliphatic heterocycles. The molecule has 2 heterocycles. The molecule has 10 nitrogen and oxygen atoms in total. The van der Waals surface area contributed by atoms with Crippen LogP contribution in [0.4, 0.5) is 16.2 Å². The van der Waals surface area contributed by atoms with E-state index in [2.05, 4.69) is 25.6 Å². The molecular weight excluding hydrogens is 425 g/mol. The Morgan fingerprint density at radius 2 is 1.79 bits per heavy atom. The zero-order valence-corrected chi connectivity index (χ0v) is 15.7. The highest BCUT2D eigenvalue weighted by atomic mass is 35.5. The van der Waals surface area contributed by atoms with Gasteiger partial charge in [-0.1, -0.05) is 35.3 Å². The van der Waals surface area contributed by atoms with E-state index in [1.54, 1.807) is 12.1 Å². The van der Waals surface area contributed by atoms with E-state index in [1.165, 1.54) is 24.5 Å². The molecule has 0 radical (unpaired) electrons. The highest BCUT2D eigenvalue weighted by Gasteiger charge is 2.18. The molecule has 0 atom stereocenters. The fourth-order valence-electron chi connectivity index (χ4n) is 2.30. The summed E-state index contributed by atoms with van der Waals surface area (Å²) in [6.07, 6.45) is 2.63. The number of nitrogens with zero attached hydrogens (tertiary/aromatic N) is 2. The molecule has 2 amide bonds. The zero-order valence-electron chi connectivity index (χ0n) is 14.2. The van der Waals surface area contributed by atoms with Crippen molar-refractivity contribution < 1.29 is 19.8 Å². The number of carbonyl (C=O) groups is 2. The molecule has 0 spiro atoms. The first-order valence-corrected chi connectivity index (χ1v) is 8.56. The highest BCUT2D eigenvalue weighted by Crippen LogP contribution is 2.29. The molecule has 148 valence electrons. The minimum atomic E-state index is -1.56. The normalized spacial score (nSPS) is 10.4. The van der Waals surface area contributed by atoms with Crippen LogP contribution < -0.4 is 16.2 Å². The fourth-order valence-corrected chi connectivity index (χ4v) is 2.76. The van der Waals surface area contributed by atoms with Gasteiger partial charge in [0, 0.05) is 23.6 Å². The summed E-state index contributed by atoms with van der Waals surface area (Å²) < 4.78 is 0. The van der Waals surface area contributed by atoms with Crippen LogP contribution in [-0.4, -0.2) is 37.2 Å². The number of aromatic amines is 1. The number of hydrogen-bond acceptors (Lipinski definition) is 6. The number of rotatable bonds is 4. The number of amides is 2. The molecule has 5 N–H and O–H groups in total. The fraction of sp³-hybridized carbons (Fsp3) is 0. The molecule has 29 heavy (non-hydrogen) atoms. The van der Waals surface area contributed by atoms with Gasteiger partial charge in [-0.3, -0.25) is 9.78 Å². The third kappa shape index (κ3) is 4.45. The van der Waals surface area contributed by atoms with Gasteiger partial charge in [-0.25, -0.2) is 14.6 Å². The molecule has 0 saturated carbocycles. The van der Waals surface area contributed by atoms with E-state index in [-0.39, 0.29) is 21.6 Å². The van der Waals surface area contributed by atoms with Gasteiger partial charge in [-0.2, -0.15) is 0 Å². The van der Waals surface area contributed by atoms with Gasteiger partial charge >= 0.3 is 12.0 Å². The number of carboxylic acid groups (broad SMARTS) is 1. The topological polar surface area (TPSA) is 157 Å². The molecule has 2 aromatic heterocycles. The van der Waals surface area contributed by atoms with Gasteiger partial charge in [0.05, 0.1) is 15.7 Å². The largest absolute Gasteiger partial charge is 0.501 e. The van der Waals surface area contributed by atoms with Crippen LogP contribution in [0.15, 0.2) is 41.5 Å². The first-order chi connectivity index (χ1) is 13.8. The number of hydrogen-bond donors (Lipinski definition) is 5. The van der Waals surface area contributed by atoms with Crippen molar-refractivity contribution >= 4 is 46.6 Å². The second-order valence-electron chi connectivity index (χ2n) is 5.55. The van der Waals surface area contributed by atoms with E-state index in [0.29, 0.717) is 11.3 Å². The summed E-state index contributed by atoms with van der Waals surface area (Å²) >= 11 is 11.9. The monoisotopic (exact) mass is 435 g/mol. The highest BCUT2D eigenvalue weighted by molar-refractivity contribution is 6.39. The quantitative estimate of drug-likeness (QED) is 0.420. The Bertz CT molecular complexity index is 1160. The molecule has 1 aromatic carbocycles. The SMILES string of the molecule is O=C(Nc1cccc(-c2nc(C(=O)O)c(O)c(=O)[nH]2)c1)Nc1c(Cl)cncc1Cl. The predicted octanol–water partition coefficient (Wildman–Crippen LogP) is 3.19. The Kier molecular flexibility index (Phi) is 5.66.